The summed E-state index contributed by atoms with van der Waals surface area (Å²) < 4.78 is 17.9. The van der Waals surface area contributed by atoms with Crippen LogP contribution in [0.5, 0.6) is 11.5 Å². The van der Waals surface area contributed by atoms with Crippen LogP contribution in [-0.4, -0.2) is 36.4 Å². The minimum atomic E-state index is -0.687. The van der Waals surface area contributed by atoms with Crippen molar-refractivity contribution in [1.29, 1.82) is 0 Å². The smallest absolute Gasteiger partial charge is 0.292 e. The number of aromatic nitrogens is 1. The summed E-state index contributed by atoms with van der Waals surface area (Å²) in [4.78, 5) is 11.3. The summed E-state index contributed by atoms with van der Waals surface area (Å²) in [6, 6.07) is 19.6. The molecule has 0 aliphatic heterocycles. The van der Waals surface area contributed by atoms with Crippen molar-refractivity contribution in [2.45, 2.75) is 11.1 Å². The van der Waals surface area contributed by atoms with Crippen LogP contribution in [-0.2, 0) is 4.74 Å². The van der Waals surface area contributed by atoms with Crippen molar-refractivity contribution in [3.8, 4) is 22.6 Å². The van der Waals surface area contributed by atoms with E-state index in [4.69, 9.17) is 25.7 Å². The van der Waals surface area contributed by atoms with Gasteiger partial charge in [-0.15, -0.1) is 0 Å². The molecule has 1 aromatic heterocycles. The molecule has 4 rings (SSSR count). The Morgan fingerprint density at radius 3 is 2.28 bits per heavy atom. The number of rotatable bonds is 10. The average molecular weight is 510 g/mol. The van der Waals surface area contributed by atoms with Gasteiger partial charge in [0, 0.05) is 24.1 Å². The number of nitrogens with two attached hydrogens (primary N) is 2. The summed E-state index contributed by atoms with van der Waals surface area (Å²) in [6.45, 7) is 0. The number of hydrogen-bond acceptors (Lipinski definition) is 9. The third-order valence-corrected chi connectivity index (χ3v) is 6.65. The molecule has 1 heterocycles. The number of hydrogen-bond donors (Lipinski definition) is 3. The first-order valence-electron chi connectivity index (χ1n) is 10.9. The van der Waals surface area contributed by atoms with Gasteiger partial charge in [0.15, 0.2) is 5.56 Å². The maximum atomic E-state index is 11.8. The van der Waals surface area contributed by atoms with Crippen molar-refractivity contribution in [2.24, 2.45) is 11.5 Å². The Labute approximate surface area is 212 Å². The zero-order chi connectivity index (χ0) is 25.8. The van der Waals surface area contributed by atoms with Gasteiger partial charge in [-0.25, -0.2) is 0 Å². The Bertz CT molecular complexity index is 1380. The van der Waals surface area contributed by atoms with E-state index in [0.717, 1.165) is 22.0 Å². The van der Waals surface area contributed by atoms with Crippen LogP contribution < -0.4 is 26.3 Å². The lowest BCUT2D eigenvalue weighted by molar-refractivity contribution is -0.383. The quantitative estimate of drug-likeness (QED) is 0.153. The van der Waals surface area contributed by atoms with Gasteiger partial charge in [0.05, 0.1) is 24.7 Å². The fraction of sp³-hybridized carbons (Fsp3) is 0.200. The Morgan fingerprint density at radius 1 is 0.972 bits per heavy atom. The Hall–Kier alpha value is -3.77. The summed E-state index contributed by atoms with van der Waals surface area (Å²) in [7, 11) is 4.69. The second-order valence-corrected chi connectivity index (χ2v) is 8.95. The normalized spacial score (nSPS) is 12.8. The van der Waals surface area contributed by atoms with Gasteiger partial charge in [-0.2, -0.15) is 0 Å². The van der Waals surface area contributed by atoms with E-state index in [-0.39, 0.29) is 5.69 Å². The summed E-state index contributed by atoms with van der Waals surface area (Å²) >= 11 is 1.20. The van der Waals surface area contributed by atoms with Crippen molar-refractivity contribution >= 4 is 39.9 Å². The number of nitro benzene ring substituents is 1. The number of thioether (sulfide) groups is 1. The lowest BCUT2D eigenvalue weighted by atomic mass is 10.0. The Balaban J connectivity index is 2.03. The third kappa shape index (κ3) is 4.95. The molecule has 2 unspecified atom stereocenters. The largest absolute Gasteiger partial charge is 0.497 e. The van der Waals surface area contributed by atoms with Crippen LogP contribution in [0.1, 0.15) is 5.50 Å². The number of nitrogens with zero attached hydrogens (tertiary/aromatic N) is 2. The van der Waals surface area contributed by atoms with Crippen LogP contribution >= 0.6 is 11.8 Å². The van der Waals surface area contributed by atoms with Gasteiger partial charge >= 0.3 is 0 Å². The van der Waals surface area contributed by atoms with E-state index in [1.807, 2.05) is 47.0 Å². The monoisotopic (exact) mass is 509 g/mol. The van der Waals surface area contributed by atoms with E-state index in [1.54, 1.807) is 32.4 Å². The molecular weight excluding hydrogens is 482 g/mol. The molecular formula is C25H27N5O5S. The molecule has 36 heavy (non-hydrogen) atoms. The SMILES string of the molecule is COc1ccc(-c2c(Nc3ccccc3[N+](=O)[O-])n(C(N)SC(N)OC)c3ccc(OC)cc23)cc1. The predicted molar refractivity (Wildman–Crippen MR) is 143 cm³/mol. The topological polar surface area (TPSA) is 140 Å². The van der Waals surface area contributed by atoms with Crippen LogP contribution in [0.4, 0.5) is 17.2 Å². The van der Waals surface area contributed by atoms with Gasteiger partial charge in [0.1, 0.15) is 28.5 Å². The maximum absolute atomic E-state index is 11.8. The highest BCUT2D eigenvalue weighted by Crippen LogP contribution is 2.45. The zero-order valence-corrected chi connectivity index (χ0v) is 20.8. The second kappa shape index (κ2) is 10.9. The van der Waals surface area contributed by atoms with E-state index in [9.17, 15) is 10.1 Å². The molecule has 0 aliphatic carbocycles. The van der Waals surface area contributed by atoms with E-state index in [1.165, 1.54) is 24.9 Å². The fourth-order valence-electron chi connectivity index (χ4n) is 3.98. The molecule has 0 spiro atoms. The number of ether oxygens (including phenoxy) is 3. The second-order valence-electron chi connectivity index (χ2n) is 7.74. The third-order valence-electron chi connectivity index (χ3n) is 5.70. The van der Waals surface area contributed by atoms with Gasteiger partial charge in [-0.1, -0.05) is 36.0 Å². The van der Waals surface area contributed by atoms with Crippen molar-refractivity contribution in [3.05, 3.63) is 76.8 Å². The van der Waals surface area contributed by atoms with Crippen LogP contribution in [0.15, 0.2) is 66.7 Å². The average Bonchev–Trinajstić information content (AvgIpc) is 3.21. The summed E-state index contributed by atoms with van der Waals surface area (Å²) in [6.07, 6.45) is 0. The molecule has 0 saturated carbocycles. The zero-order valence-electron chi connectivity index (χ0n) is 20.0. The van der Waals surface area contributed by atoms with E-state index in [2.05, 4.69) is 5.32 Å². The molecule has 2 atom stereocenters. The highest BCUT2D eigenvalue weighted by molar-refractivity contribution is 7.99. The van der Waals surface area contributed by atoms with Crippen molar-refractivity contribution in [2.75, 3.05) is 26.6 Å². The molecule has 11 heteroatoms. The van der Waals surface area contributed by atoms with Crippen LogP contribution in [0.3, 0.4) is 0 Å². The standard InChI is InChI=1S/C25H27N5O5S/c1-33-16-10-8-15(9-11-16)22-18-14-17(34-2)12-13-20(18)29(24(26)36-25(27)35-3)23(22)28-19-6-4-5-7-21(19)30(31)32/h4-14,24-25,28H,26-27H2,1-3H3. The fourth-order valence-corrected chi connectivity index (χ4v) is 4.70. The van der Waals surface area contributed by atoms with Crippen LogP contribution in [0.2, 0.25) is 0 Å². The number of benzene rings is 3. The van der Waals surface area contributed by atoms with Gasteiger partial charge < -0.3 is 29.8 Å². The molecule has 0 radical (unpaired) electrons. The van der Waals surface area contributed by atoms with Crippen molar-refractivity contribution in [3.63, 3.8) is 0 Å². The first-order chi connectivity index (χ1) is 17.4. The lowest BCUT2D eigenvalue weighted by Crippen LogP contribution is -2.25. The number of anilines is 2. The van der Waals surface area contributed by atoms with E-state index >= 15 is 0 Å². The number of nitro groups is 1. The predicted octanol–water partition coefficient (Wildman–Crippen LogP) is 5.01. The number of nitrogens with one attached hydrogen (secondary N) is 1. The van der Waals surface area contributed by atoms with Crippen molar-refractivity contribution < 1.29 is 19.1 Å². The lowest BCUT2D eigenvalue weighted by Gasteiger charge is -2.22. The molecule has 0 fully saturated rings. The Kier molecular flexibility index (Phi) is 7.65. The molecule has 10 nitrogen and oxygen atoms in total. The number of methoxy groups -OCH3 is 3. The minimum absolute atomic E-state index is 0.0672. The minimum Gasteiger partial charge on any atom is -0.497 e. The van der Waals surface area contributed by atoms with E-state index < -0.39 is 16.0 Å². The molecule has 3 aromatic carbocycles. The van der Waals surface area contributed by atoms with E-state index in [0.29, 0.717) is 23.0 Å². The van der Waals surface area contributed by atoms with Gasteiger partial charge in [0.2, 0.25) is 0 Å². The number of fused-ring (bicyclic) bond motifs is 1. The van der Waals surface area contributed by atoms with Gasteiger partial charge in [0.25, 0.3) is 5.69 Å². The summed E-state index contributed by atoms with van der Waals surface area (Å²) in [5.41, 5.74) is 14.0. The van der Waals surface area contributed by atoms with Crippen molar-refractivity contribution in [1.82, 2.24) is 4.57 Å². The maximum Gasteiger partial charge on any atom is 0.292 e. The molecule has 0 bridgehead atoms. The molecule has 5 N–H and O–H groups in total. The molecule has 0 saturated heterocycles. The molecule has 0 aliphatic rings. The van der Waals surface area contributed by atoms with Crippen LogP contribution in [0, 0.1) is 10.1 Å². The highest BCUT2D eigenvalue weighted by Gasteiger charge is 2.26. The van der Waals surface area contributed by atoms with Gasteiger partial charge in [-0.3, -0.25) is 15.8 Å². The first kappa shape index (κ1) is 25.3. The van der Waals surface area contributed by atoms with Gasteiger partial charge in [-0.05, 0) is 42.0 Å². The molecule has 188 valence electrons. The van der Waals surface area contributed by atoms with Crippen LogP contribution in [0.25, 0.3) is 22.0 Å². The molecule has 0 amide bonds. The highest BCUT2D eigenvalue weighted by atomic mass is 32.2. The summed E-state index contributed by atoms with van der Waals surface area (Å²) in [5, 5.41) is 15.9. The molecule has 4 aromatic rings. The first-order valence-corrected chi connectivity index (χ1v) is 11.9. The summed E-state index contributed by atoms with van der Waals surface area (Å²) in [5.74, 6) is 1.91. The number of para-hydroxylation sites is 2. The Morgan fingerprint density at radius 2 is 1.64 bits per heavy atom.